The Kier molecular flexibility index (Phi) is 3.52. The van der Waals surface area contributed by atoms with E-state index >= 15 is 0 Å². The molecular weight excluding hydrogens is 303 g/mol. The predicted molar refractivity (Wildman–Crippen MR) is 83.3 cm³/mol. The van der Waals surface area contributed by atoms with E-state index in [1.54, 1.807) is 24.3 Å². The van der Waals surface area contributed by atoms with Gasteiger partial charge < -0.3 is 10.0 Å². The van der Waals surface area contributed by atoms with Crippen LogP contribution < -0.4 is 5.46 Å². The fourth-order valence-corrected chi connectivity index (χ4v) is 3.60. The fourth-order valence-electron chi connectivity index (χ4n) is 2.27. The van der Waals surface area contributed by atoms with Gasteiger partial charge >= 0.3 is 7.12 Å². The summed E-state index contributed by atoms with van der Waals surface area (Å²) in [7, 11) is -5.64. The number of hydrogen-bond acceptors (Lipinski definition) is 5. The summed E-state index contributed by atoms with van der Waals surface area (Å²) in [5.74, 6) is 0. The van der Waals surface area contributed by atoms with Gasteiger partial charge in [0.2, 0.25) is 0 Å². The third-order valence-electron chi connectivity index (χ3n) is 3.42. The Labute approximate surface area is 127 Å². The number of pyridine rings is 1. The largest absolute Gasteiger partial charge is 0.490 e. The Morgan fingerprint density at radius 3 is 2.45 bits per heavy atom. The first-order valence-electron chi connectivity index (χ1n) is 6.55. The molecule has 0 saturated heterocycles. The summed E-state index contributed by atoms with van der Waals surface area (Å²) in [6.07, 6.45) is 2.65. The van der Waals surface area contributed by atoms with Crippen LogP contribution in [0.15, 0.2) is 53.7 Å². The predicted octanol–water partition coefficient (Wildman–Crippen LogP) is 0.262. The molecule has 0 bridgehead atoms. The van der Waals surface area contributed by atoms with Crippen molar-refractivity contribution >= 4 is 33.6 Å². The molecule has 0 saturated carbocycles. The fraction of sp³-hybridized carbons (Fsp3) is 0.0714. The van der Waals surface area contributed by atoms with Crippen LogP contribution in [0.3, 0.4) is 0 Å². The first-order chi connectivity index (χ1) is 10.4. The van der Waals surface area contributed by atoms with E-state index in [9.17, 15) is 18.5 Å². The zero-order chi connectivity index (χ0) is 15.9. The third kappa shape index (κ3) is 2.31. The quantitative estimate of drug-likeness (QED) is 0.676. The lowest BCUT2D eigenvalue weighted by Gasteiger charge is -2.07. The monoisotopic (exact) mass is 316 g/mol. The molecule has 6 nitrogen and oxygen atoms in total. The van der Waals surface area contributed by atoms with Crippen LogP contribution in [0.5, 0.6) is 0 Å². The van der Waals surface area contributed by atoms with Gasteiger partial charge in [0.25, 0.3) is 10.0 Å². The van der Waals surface area contributed by atoms with Crippen molar-refractivity contribution in [3.05, 3.63) is 54.4 Å². The molecule has 0 fully saturated rings. The van der Waals surface area contributed by atoms with Crippen molar-refractivity contribution in [2.45, 2.75) is 11.8 Å². The summed E-state index contributed by atoms with van der Waals surface area (Å²) in [6, 6.07) is 9.62. The standard InChI is InChI=1S/C14H13BN2O4S/c1-10-4-6-11(7-5-10)22(20,21)17-9-13(15(18)19)12-3-2-8-16-14(12)17/h2-9,18-19H,1H3. The number of aromatic nitrogens is 2. The molecule has 0 radical (unpaired) electrons. The van der Waals surface area contributed by atoms with Crippen LogP contribution >= 0.6 is 0 Å². The number of nitrogens with zero attached hydrogens (tertiary/aromatic N) is 2. The normalized spacial score (nSPS) is 11.8. The van der Waals surface area contributed by atoms with Crippen molar-refractivity contribution in [2.75, 3.05) is 0 Å². The summed E-state index contributed by atoms with van der Waals surface area (Å²) in [4.78, 5) is 4.17. The van der Waals surface area contributed by atoms with Crippen molar-refractivity contribution in [1.82, 2.24) is 8.96 Å². The highest BCUT2D eigenvalue weighted by Crippen LogP contribution is 2.20. The summed E-state index contributed by atoms with van der Waals surface area (Å²) >= 11 is 0. The molecule has 112 valence electrons. The number of hydrogen-bond donors (Lipinski definition) is 2. The molecular formula is C14H13BN2O4S. The second-order valence-corrected chi connectivity index (χ2v) is 6.76. The molecule has 3 rings (SSSR count). The minimum Gasteiger partial charge on any atom is -0.423 e. The molecule has 0 atom stereocenters. The van der Waals surface area contributed by atoms with Crippen LogP contribution in [0.2, 0.25) is 0 Å². The Bertz CT molecular complexity index is 933. The maximum absolute atomic E-state index is 12.8. The highest BCUT2D eigenvalue weighted by Gasteiger charge is 2.25. The second-order valence-electron chi connectivity index (χ2n) is 4.95. The lowest BCUT2D eigenvalue weighted by molar-refractivity contribution is 0.426. The van der Waals surface area contributed by atoms with Gasteiger partial charge in [-0.2, -0.15) is 0 Å². The van der Waals surface area contributed by atoms with Crippen LogP contribution in [-0.4, -0.2) is 34.5 Å². The molecule has 0 spiro atoms. The van der Waals surface area contributed by atoms with Crippen molar-refractivity contribution < 1.29 is 18.5 Å². The molecule has 0 aliphatic rings. The average molecular weight is 316 g/mol. The lowest BCUT2D eigenvalue weighted by atomic mass is 9.80. The van der Waals surface area contributed by atoms with Gasteiger partial charge in [0.05, 0.1) is 4.90 Å². The minimum atomic E-state index is -3.86. The molecule has 2 N–H and O–H groups in total. The van der Waals surface area contributed by atoms with Crippen molar-refractivity contribution in [1.29, 1.82) is 0 Å². The number of benzene rings is 1. The van der Waals surface area contributed by atoms with Crippen molar-refractivity contribution in [3.63, 3.8) is 0 Å². The first-order valence-corrected chi connectivity index (χ1v) is 7.99. The van der Waals surface area contributed by atoms with Crippen LogP contribution in [-0.2, 0) is 10.0 Å². The molecule has 0 aliphatic heterocycles. The van der Waals surface area contributed by atoms with Gasteiger partial charge in [-0.1, -0.05) is 17.7 Å². The van der Waals surface area contributed by atoms with Crippen LogP contribution in [0.4, 0.5) is 0 Å². The minimum absolute atomic E-state index is 0.0961. The van der Waals surface area contributed by atoms with E-state index in [1.165, 1.54) is 24.5 Å². The summed E-state index contributed by atoms with van der Waals surface area (Å²) in [6.45, 7) is 1.86. The molecule has 2 aromatic heterocycles. The van der Waals surface area contributed by atoms with E-state index in [0.29, 0.717) is 5.39 Å². The number of fused-ring (bicyclic) bond motifs is 1. The Morgan fingerprint density at radius 1 is 1.14 bits per heavy atom. The summed E-state index contributed by atoms with van der Waals surface area (Å²) < 4.78 is 26.5. The Balaban J connectivity index is 2.27. The maximum Gasteiger partial charge on any atom is 0.490 e. The van der Waals surface area contributed by atoms with Gasteiger partial charge in [-0.3, -0.25) is 0 Å². The van der Waals surface area contributed by atoms with Gasteiger partial charge in [-0.05, 0) is 31.2 Å². The highest BCUT2D eigenvalue weighted by atomic mass is 32.2. The molecule has 0 unspecified atom stereocenters. The van der Waals surface area contributed by atoms with Gasteiger partial charge in [0.15, 0.2) is 5.65 Å². The number of rotatable bonds is 3. The highest BCUT2D eigenvalue weighted by molar-refractivity contribution is 7.90. The zero-order valence-corrected chi connectivity index (χ0v) is 12.5. The van der Waals surface area contributed by atoms with Crippen LogP contribution in [0.25, 0.3) is 11.0 Å². The Morgan fingerprint density at radius 2 is 1.82 bits per heavy atom. The maximum atomic E-state index is 12.8. The van der Waals surface area contributed by atoms with Gasteiger partial charge in [0.1, 0.15) is 0 Å². The van der Waals surface area contributed by atoms with Crippen molar-refractivity contribution in [2.24, 2.45) is 0 Å². The van der Waals surface area contributed by atoms with E-state index < -0.39 is 17.1 Å². The van der Waals surface area contributed by atoms with E-state index in [1.807, 2.05) is 6.92 Å². The second kappa shape index (κ2) is 5.24. The van der Waals surface area contributed by atoms with Gasteiger partial charge in [-0.25, -0.2) is 17.4 Å². The smallest absolute Gasteiger partial charge is 0.423 e. The van der Waals surface area contributed by atoms with Crippen LogP contribution in [0.1, 0.15) is 5.56 Å². The topological polar surface area (TPSA) is 92.4 Å². The molecule has 0 aliphatic carbocycles. The van der Waals surface area contributed by atoms with Crippen molar-refractivity contribution in [3.8, 4) is 0 Å². The van der Waals surface area contributed by atoms with Gasteiger partial charge in [-0.15, -0.1) is 0 Å². The molecule has 1 aromatic carbocycles. The molecule has 22 heavy (non-hydrogen) atoms. The van der Waals surface area contributed by atoms with E-state index in [-0.39, 0.29) is 16.0 Å². The molecule has 2 heterocycles. The van der Waals surface area contributed by atoms with E-state index in [2.05, 4.69) is 4.98 Å². The third-order valence-corrected chi connectivity index (χ3v) is 5.08. The van der Waals surface area contributed by atoms with E-state index in [0.717, 1.165) is 9.54 Å². The number of aryl methyl sites for hydroxylation is 1. The summed E-state index contributed by atoms with van der Waals surface area (Å²) in [5.41, 5.74) is 1.20. The molecule has 3 aromatic rings. The zero-order valence-electron chi connectivity index (χ0n) is 11.7. The SMILES string of the molecule is Cc1ccc(S(=O)(=O)n2cc(B(O)O)c3cccnc32)cc1. The molecule has 0 amide bonds. The van der Waals surface area contributed by atoms with Gasteiger partial charge in [0, 0.05) is 23.2 Å². The first kappa shape index (κ1) is 14.8. The average Bonchev–Trinajstić information content (AvgIpc) is 2.88. The lowest BCUT2D eigenvalue weighted by Crippen LogP contribution is -2.29. The Hall–Kier alpha value is -2.16. The molecule has 8 heteroatoms. The van der Waals surface area contributed by atoms with Crippen LogP contribution in [0, 0.1) is 6.92 Å². The summed E-state index contributed by atoms with van der Waals surface area (Å²) in [5, 5.41) is 19.2. The van der Waals surface area contributed by atoms with E-state index in [4.69, 9.17) is 0 Å².